The Labute approximate surface area is 349 Å². The molecule has 0 saturated heterocycles. The molecule has 4 N–H and O–H groups in total. The zero-order chi connectivity index (χ0) is 20.6. The number of carboxylic acids is 8. The zero-order valence-electron chi connectivity index (χ0n) is 15.2. The van der Waals surface area contributed by atoms with E-state index in [0.29, 0.717) is 0 Å². The average molecular weight is 691 g/mol. The second-order valence-electron chi connectivity index (χ2n) is 2.37. The van der Waals surface area contributed by atoms with Gasteiger partial charge in [0.15, 0.2) is 23.9 Å². The molecule has 0 aromatic heterocycles. The first-order valence-corrected chi connectivity index (χ1v) is 4.34. The summed E-state index contributed by atoms with van der Waals surface area (Å²) in [5.41, 5.74) is 0. The maximum absolute atomic E-state index is 9.04. The quantitative estimate of drug-likeness (QED) is 0.135. The first-order chi connectivity index (χ1) is 10.6. The van der Waals surface area contributed by atoms with Crippen molar-refractivity contribution in [3.05, 3.63) is 0 Å². The Hall–Kier alpha value is 3.18. The van der Waals surface area contributed by atoms with E-state index in [1.807, 2.05) is 0 Å². The van der Waals surface area contributed by atoms with Crippen LogP contribution < -0.4 is 226 Å². The van der Waals surface area contributed by atoms with Crippen LogP contribution in [0.1, 0.15) is 0 Å². The van der Waals surface area contributed by atoms with E-state index in [4.69, 9.17) is 79.2 Å². The number of hydrogen-bond donors (Lipinski definition) is 4. The first kappa shape index (κ1) is 58.2. The van der Waals surface area contributed by atoms with E-state index in [1.54, 1.807) is 0 Å². The molecule has 16 nitrogen and oxygen atoms in total. The fraction of sp³-hybridized carbons (Fsp3) is 0. The molecule has 0 aliphatic carbocycles. The summed E-state index contributed by atoms with van der Waals surface area (Å²) in [6, 6.07) is 0. The minimum atomic E-state index is -2.07. The zero-order valence-corrected chi connectivity index (χ0v) is 31.3. The van der Waals surface area contributed by atoms with Crippen molar-refractivity contribution < 1.29 is 311 Å². The normalized spacial score (nSPS) is 6.07. The number of hydrogen-bond acceptors (Lipinski definition) is 12. The van der Waals surface area contributed by atoms with Gasteiger partial charge in [0.25, 0.3) is 0 Å². The van der Waals surface area contributed by atoms with E-state index in [-0.39, 0.29) is 231 Å². The monoisotopic (exact) mass is 692 g/mol. The molecule has 0 saturated carbocycles. The SMILES string of the molecule is O=C([O-])C(=O)O.O=C([O-])C(=O)O.O=C([O-])C(=O)O.O=C([O-])C(=O)O.[Hf].[K+].[K+].[K+].[K+]. The molecule has 0 rings (SSSR count). The molecule has 21 heteroatoms. The van der Waals surface area contributed by atoms with E-state index in [0.717, 1.165) is 0 Å². The van der Waals surface area contributed by atoms with Crippen LogP contribution in [0.5, 0.6) is 0 Å². The van der Waals surface area contributed by atoms with Gasteiger partial charge in [0.2, 0.25) is 0 Å². The molecule has 0 aliphatic heterocycles. The second kappa shape index (κ2) is 38.4. The number of aliphatic carboxylic acids is 8. The maximum atomic E-state index is 9.04. The summed E-state index contributed by atoms with van der Waals surface area (Å²) in [6.45, 7) is 0. The van der Waals surface area contributed by atoms with E-state index in [9.17, 15) is 0 Å². The second-order valence-corrected chi connectivity index (χ2v) is 2.37. The number of rotatable bonds is 0. The maximum Gasteiger partial charge on any atom is 1.00 e. The van der Waals surface area contributed by atoms with E-state index >= 15 is 0 Å². The number of carbonyl (C=O) groups is 8. The molecule has 29 heavy (non-hydrogen) atoms. The molecule has 0 aromatic carbocycles. The van der Waals surface area contributed by atoms with E-state index < -0.39 is 47.8 Å². The third-order valence-corrected chi connectivity index (χ3v) is 0.698. The first-order valence-electron chi connectivity index (χ1n) is 4.34. The van der Waals surface area contributed by atoms with Gasteiger partial charge in [0.1, 0.15) is 0 Å². The molecule has 0 radical (unpaired) electrons. The summed E-state index contributed by atoms with van der Waals surface area (Å²) in [7, 11) is 0. The van der Waals surface area contributed by atoms with Crippen LogP contribution in [0.3, 0.4) is 0 Å². The molecule has 0 bridgehead atoms. The molecule has 0 fully saturated rings. The minimum Gasteiger partial charge on any atom is -0.539 e. The Bertz CT molecular complexity index is 405. The van der Waals surface area contributed by atoms with Gasteiger partial charge in [-0.05, 0) is 0 Å². The van der Waals surface area contributed by atoms with Crippen LogP contribution in [0.25, 0.3) is 0 Å². The average Bonchev–Trinajstić information content (AvgIpc) is 2.40. The number of carbonyl (C=O) groups excluding carboxylic acids is 4. The summed E-state index contributed by atoms with van der Waals surface area (Å²) in [4.78, 5) is 72.1. The third-order valence-electron chi connectivity index (χ3n) is 0.698. The summed E-state index contributed by atoms with van der Waals surface area (Å²) < 4.78 is 0. The molecular weight excluding hydrogens is 687 g/mol. The van der Waals surface area contributed by atoms with Crippen molar-refractivity contribution in [1.82, 2.24) is 0 Å². The summed E-state index contributed by atoms with van der Waals surface area (Å²) in [5.74, 6) is -16.0. The van der Waals surface area contributed by atoms with E-state index in [2.05, 4.69) is 0 Å². The van der Waals surface area contributed by atoms with Crippen molar-refractivity contribution in [1.29, 1.82) is 0 Å². The van der Waals surface area contributed by atoms with Crippen molar-refractivity contribution in [2.24, 2.45) is 0 Å². The van der Waals surface area contributed by atoms with Crippen molar-refractivity contribution in [3.63, 3.8) is 0 Å². The smallest absolute Gasteiger partial charge is 0.539 e. The summed E-state index contributed by atoms with van der Waals surface area (Å²) in [6.07, 6.45) is 0. The van der Waals surface area contributed by atoms with Gasteiger partial charge in [0.05, 0.1) is 0 Å². The standard InChI is InChI=1S/4C2H2O4.Hf.4K/c4*3-1(4)2(5)6;;;;;/h4*(H,3,4)(H,5,6);;;;;/q;;;;;4*+1/p-4. The van der Waals surface area contributed by atoms with Crippen molar-refractivity contribution in [3.8, 4) is 0 Å². The van der Waals surface area contributed by atoms with Gasteiger partial charge in [-0.2, -0.15) is 0 Å². The Balaban J connectivity index is -0.0000000248. The predicted octanol–water partition coefficient (Wildman–Crippen LogP) is -20.7. The van der Waals surface area contributed by atoms with Gasteiger partial charge in [-0.1, -0.05) is 0 Å². The molecule has 0 atom stereocenters. The Morgan fingerprint density at radius 2 is 0.414 bits per heavy atom. The number of carboxylic acid groups (broad SMARTS) is 8. The fourth-order valence-corrected chi connectivity index (χ4v) is 0. The van der Waals surface area contributed by atoms with Crippen molar-refractivity contribution in [2.75, 3.05) is 0 Å². The van der Waals surface area contributed by atoms with Crippen molar-refractivity contribution in [2.45, 2.75) is 0 Å². The van der Waals surface area contributed by atoms with Crippen molar-refractivity contribution >= 4 is 47.8 Å². The van der Waals surface area contributed by atoms with Gasteiger partial charge in [0, 0.05) is 25.8 Å². The molecule has 0 unspecified atom stereocenters. The van der Waals surface area contributed by atoms with Crippen LogP contribution >= 0.6 is 0 Å². The van der Waals surface area contributed by atoms with Gasteiger partial charge < -0.3 is 60.0 Å². The Morgan fingerprint density at radius 1 is 0.379 bits per heavy atom. The molecule has 0 amide bonds. The van der Waals surface area contributed by atoms with E-state index in [1.165, 1.54) is 0 Å². The summed E-state index contributed by atoms with van der Waals surface area (Å²) >= 11 is 0. The molecular formula is C8H4HfK4O16. The van der Waals surface area contributed by atoms with Crippen LogP contribution in [0.4, 0.5) is 0 Å². The van der Waals surface area contributed by atoms with Crippen LogP contribution in [0, 0.1) is 0 Å². The third kappa shape index (κ3) is 72.2. The van der Waals surface area contributed by atoms with Gasteiger partial charge >= 0.3 is 229 Å². The minimum absolute atomic E-state index is 0. The largest absolute Gasteiger partial charge is 1.00 e. The van der Waals surface area contributed by atoms with Crippen LogP contribution in [-0.4, -0.2) is 68.2 Å². The fourth-order valence-electron chi connectivity index (χ4n) is 0. The molecule has 0 heterocycles. The predicted molar refractivity (Wildman–Crippen MR) is 50.6 cm³/mol. The molecule has 0 aromatic rings. The molecule has 0 spiro atoms. The molecule has 0 aliphatic rings. The topological polar surface area (TPSA) is 310 Å². The Kier molecular flexibility index (Phi) is 77.2. The van der Waals surface area contributed by atoms with Gasteiger partial charge in [-0.3, -0.25) is 0 Å². The summed E-state index contributed by atoms with van der Waals surface area (Å²) in [5, 5.41) is 65.3. The van der Waals surface area contributed by atoms with Crippen LogP contribution in [0.15, 0.2) is 0 Å². The van der Waals surface area contributed by atoms with Gasteiger partial charge in [-0.15, -0.1) is 0 Å². The molecule has 140 valence electrons. The Morgan fingerprint density at radius 3 is 0.414 bits per heavy atom. The van der Waals surface area contributed by atoms with Crippen LogP contribution in [-0.2, 0) is 64.2 Å². The van der Waals surface area contributed by atoms with Crippen LogP contribution in [0.2, 0.25) is 0 Å². The van der Waals surface area contributed by atoms with Gasteiger partial charge in [-0.25, -0.2) is 19.2 Å².